The fourth-order valence-electron chi connectivity index (χ4n) is 5.02. The first-order valence-corrected chi connectivity index (χ1v) is 11.5. The summed E-state index contributed by atoms with van der Waals surface area (Å²) in [6, 6.07) is 16.6. The molecular weight excluding hydrogens is 460 g/mol. The van der Waals surface area contributed by atoms with Gasteiger partial charge in [0, 0.05) is 45.8 Å². The van der Waals surface area contributed by atoms with E-state index in [-0.39, 0.29) is 24.1 Å². The van der Waals surface area contributed by atoms with Crippen molar-refractivity contribution >= 4 is 23.1 Å². The Bertz CT molecular complexity index is 1570. The number of benzene rings is 3. The molecule has 1 aliphatic rings. The minimum atomic E-state index is -1.03. The third-order valence-electron chi connectivity index (χ3n) is 6.78. The number of rotatable bonds is 6. The van der Waals surface area contributed by atoms with Crippen LogP contribution in [-0.2, 0) is 18.5 Å². The fraction of sp³-hybridized carbons (Fsp3) is 0.207. The molecule has 0 spiro atoms. The summed E-state index contributed by atoms with van der Waals surface area (Å²) in [4.78, 5) is 15.8. The van der Waals surface area contributed by atoms with E-state index in [1.807, 2.05) is 30.5 Å². The normalized spacial score (nSPS) is 12.6. The predicted octanol–water partition coefficient (Wildman–Crippen LogP) is 6.46. The van der Waals surface area contributed by atoms with Crippen LogP contribution in [0.5, 0.6) is 0 Å². The molecule has 1 aliphatic heterocycles. The van der Waals surface area contributed by atoms with Crippen molar-refractivity contribution in [3.63, 3.8) is 0 Å². The van der Waals surface area contributed by atoms with Crippen LogP contribution in [0.4, 0.5) is 8.78 Å². The van der Waals surface area contributed by atoms with Crippen molar-refractivity contribution in [3.8, 4) is 17.2 Å². The minimum Gasteiger partial charge on any atom is -0.478 e. The number of hydrogen-bond acceptors (Lipinski definition) is 3. The molecule has 3 aromatic carbocycles. The van der Waals surface area contributed by atoms with Gasteiger partial charge in [0.05, 0.1) is 24.7 Å². The molecule has 1 N–H and O–H groups in total. The topological polar surface area (TPSA) is 78.4 Å². The molecule has 180 valence electrons. The number of carboxylic acid groups (broad SMARTS) is 1. The molecule has 0 unspecified atom stereocenters. The van der Waals surface area contributed by atoms with E-state index >= 15 is 0 Å². The van der Waals surface area contributed by atoms with Gasteiger partial charge in [0.1, 0.15) is 11.6 Å². The van der Waals surface area contributed by atoms with E-state index in [1.165, 1.54) is 30.3 Å². The van der Waals surface area contributed by atoms with Crippen LogP contribution in [-0.4, -0.2) is 21.9 Å². The monoisotopic (exact) mass is 483 g/mol. The van der Waals surface area contributed by atoms with Gasteiger partial charge in [-0.05, 0) is 53.1 Å². The van der Waals surface area contributed by atoms with E-state index in [0.29, 0.717) is 6.54 Å². The van der Waals surface area contributed by atoms with Gasteiger partial charge in [-0.25, -0.2) is 13.6 Å². The van der Waals surface area contributed by atoms with Crippen molar-refractivity contribution < 1.29 is 18.7 Å². The summed E-state index contributed by atoms with van der Waals surface area (Å²) in [7, 11) is 0. The second kappa shape index (κ2) is 8.72. The smallest absolute Gasteiger partial charge is 0.335 e. The molecule has 0 bridgehead atoms. The van der Waals surface area contributed by atoms with Crippen molar-refractivity contribution in [1.82, 2.24) is 4.57 Å². The highest BCUT2D eigenvalue weighted by atomic mass is 19.1. The maximum atomic E-state index is 14.8. The van der Waals surface area contributed by atoms with E-state index in [0.717, 1.165) is 38.9 Å². The average Bonchev–Trinajstić information content (AvgIpc) is 3.42. The number of hydrogen-bond donors (Lipinski definition) is 1. The molecule has 5 nitrogen and oxygen atoms in total. The number of halogens is 2. The highest BCUT2D eigenvalue weighted by Gasteiger charge is 2.32. The molecule has 0 aliphatic carbocycles. The predicted molar refractivity (Wildman–Crippen MR) is 134 cm³/mol. The van der Waals surface area contributed by atoms with Crippen molar-refractivity contribution in [2.24, 2.45) is 4.99 Å². The van der Waals surface area contributed by atoms with Gasteiger partial charge in [0.25, 0.3) is 0 Å². The van der Waals surface area contributed by atoms with Gasteiger partial charge in [0.15, 0.2) is 0 Å². The molecule has 4 aromatic rings. The van der Waals surface area contributed by atoms with Crippen LogP contribution >= 0.6 is 0 Å². The Hall–Kier alpha value is -4.31. The lowest BCUT2D eigenvalue weighted by atomic mass is 9.81. The summed E-state index contributed by atoms with van der Waals surface area (Å²) in [5, 5.41) is 19.9. The molecular formula is C29H23F2N3O2. The zero-order valence-electron chi connectivity index (χ0n) is 19.8. The molecule has 5 rings (SSSR count). The summed E-state index contributed by atoms with van der Waals surface area (Å²) in [6.07, 6.45) is 1.96. The number of fused-ring (bicyclic) bond motifs is 2. The average molecular weight is 484 g/mol. The molecule has 0 radical (unpaired) electrons. The number of nitriles is 1. The van der Waals surface area contributed by atoms with Crippen LogP contribution in [0.2, 0.25) is 0 Å². The van der Waals surface area contributed by atoms with Crippen LogP contribution in [0, 0.1) is 23.0 Å². The van der Waals surface area contributed by atoms with Crippen molar-refractivity contribution in [2.75, 3.05) is 0 Å². The van der Waals surface area contributed by atoms with Crippen LogP contribution < -0.4 is 0 Å². The molecule has 0 saturated carbocycles. The Morgan fingerprint density at radius 3 is 2.47 bits per heavy atom. The number of carbonyl (C=O) groups is 1. The quantitative estimate of drug-likeness (QED) is 0.342. The van der Waals surface area contributed by atoms with Gasteiger partial charge < -0.3 is 9.67 Å². The first-order valence-electron chi connectivity index (χ1n) is 11.5. The lowest BCUT2D eigenvalue weighted by Crippen LogP contribution is -2.23. The molecule has 2 heterocycles. The standard InChI is InChI=1S/C29H23F2N3O2/c1-29(2,10-11-32)27-26(17-6-8-18(9-7-17)28(35)36)21-12-19-14-33-15-20(19)13-25(21)34(27)16-22-23(30)4-3-5-24(22)31/h3-9,12-13,15H,10,14,16H2,1-2H3,(H,35,36). The molecule has 7 heteroatoms. The highest BCUT2D eigenvalue weighted by Crippen LogP contribution is 2.44. The Morgan fingerprint density at radius 1 is 1.14 bits per heavy atom. The molecule has 0 fully saturated rings. The van der Waals surface area contributed by atoms with E-state index in [1.54, 1.807) is 18.3 Å². The fourth-order valence-corrected chi connectivity index (χ4v) is 5.02. The Kier molecular flexibility index (Phi) is 5.68. The van der Waals surface area contributed by atoms with Crippen molar-refractivity contribution in [3.05, 3.63) is 94.2 Å². The summed E-state index contributed by atoms with van der Waals surface area (Å²) >= 11 is 0. The van der Waals surface area contributed by atoms with E-state index in [2.05, 4.69) is 11.1 Å². The first kappa shape index (κ1) is 23.4. The maximum absolute atomic E-state index is 14.8. The van der Waals surface area contributed by atoms with Crippen LogP contribution in [0.1, 0.15) is 53.0 Å². The molecule has 0 saturated heterocycles. The van der Waals surface area contributed by atoms with Crippen LogP contribution in [0.25, 0.3) is 22.0 Å². The minimum absolute atomic E-state index is 0.0645. The number of nitrogens with zero attached hydrogens (tertiary/aromatic N) is 3. The Balaban J connectivity index is 1.87. The number of aliphatic imine (C=N–C) groups is 1. The van der Waals surface area contributed by atoms with Gasteiger partial charge in [-0.15, -0.1) is 0 Å². The number of carboxylic acids is 1. The Labute approximate surface area is 206 Å². The largest absolute Gasteiger partial charge is 0.478 e. The second-order valence-electron chi connectivity index (χ2n) is 9.65. The summed E-state index contributed by atoms with van der Waals surface area (Å²) < 4.78 is 31.5. The van der Waals surface area contributed by atoms with Crippen LogP contribution in [0.15, 0.2) is 59.6 Å². The van der Waals surface area contributed by atoms with Gasteiger partial charge in [-0.1, -0.05) is 32.0 Å². The van der Waals surface area contributed by atoms with Crippen molar-refractivity contribution in [2.45, 2.75) is 38.8 Å². The van der Waals surface area contributed by atoms with E-state index < -0.39 is 23.0 Å². The zero-order chi connectivity index (χ0) is 25.6. The summed E-state index contributed by atoms with van der Waals surface area (Å²) in [5.74, 6) is -2.31. The maximum Gasteiger partial charge on any atom is 0.335 e. The SMILES string of the molecule is CC(C)(CC#N)c1c(-c2ccc(C(=O)O)cc2)c2cc3c(cc2n1Cc1c(F)cccc1F)C=NC3. The van der Waals surface area contributed by atoms with Crippen molar-refractivity contribution in [1.29, 1.82) is 5.26 Å². The zero-order valence-corrected chi connectivity index (χ0v) is 19.8. The van der Waals surface area contributed by atoms with Gasteiger partial charge in [-0.2, -0.15) is 5.26 Å². The first-order chi connectivity index (χ1) is 17.2. The Morgan fingerprint density at radius 2 is 1.83 bits per heavy atom. The summed E-state index contributed by atoms with van der Waals surface area (Å²) in [6.45, 7) is 4.33. The molecule has 1 aromatic heterocycles. The van der Waals surface area contributed by atoms with E-state index in [9.17, 15) is 23.9 Å². The number of aromatic carboxylic acids is 1. The van der Waals surface area contributed by atoms with Gasteiger partial charge in [0.2, 0.25) is 0 Å². The highest BCUT2D eigenvalue weighted by molar-refractivity contribution is 6.03. The third kappa shape index (κ3) is 3.85. The van der Waals surface area contributed by atoms with Crippen LogP contribution in [0.3, 0.4) is 0 Å². The molecule has 0 amide bonds. The summed E-state index contributed by atoms with van der Waals surface area (Å²) in [5.41, 5.74) is 4.47. The second-order valence-corrected chi connectivity index (χ2v) is 9.65. The lowest BCUT2D eigenvalue weighted by molar-refractivity contribution is 0.0697. The van der Waals surface area contributed by atoms with E-state index in [4.69, 9.17) is 0 Å². The lowest BCUT2D eigenvalue weighted by Gasteiger charge is -2.27. The third-order valence-corrected chi connectivity index (χ3v) is 6.78. The van der Waals surface area contributed by atoms with Gasteiger partial charge >= 0.3 is 5.97 Å². The molecule has 0 atom stereocenters. The number of aromatic nitrogens is 1. The molecule has 36 heavy (non-hydrogen) atoms. The van der Waals surface area contributed by atoms with Gasteiger partial charge in [-0.3, -0.25) is 4.99 Å².